The Morgan fingerprint density at radius 3 is 2.71 bits per heavy atom. The largest absolute Gasteiger partial charge is 0.336 e. The summed E-state index contributed by atoms with van der Waals surface area (Å²) in [6.45, 7) is 3.23. The lowest BCUT2D eigenvalue weighted by Gasteiger charge is -2.33. The van der Waals surface area contributed by atoms with Crippen LogP contribution < -0.4 is 5.32 Å². The van der Waals surface area contributed by atoms with Crippen LogP contribution in [0.15, 0.2) is 6.33 Å². The van der Waals surface area contributed by atoms with Gasteiger partial charge in [-0.05, 0) is 32.2 Å². The van der Waals surface area contributed by atoms with Crippen molar-refractivity contribution in [2.75, 3.05) is 32.7 Å². The number of aromatic nitrogens is 3. The van der Waals surface area contributed by atoms with Gasteiger partial charge in [-0.25, -0.2) is 9.67 Å². The van der Waals surface area contributed by atoms with Crippen molar-refractivity contribution < 1.29 is 9.59 Å². The number of amides is 2. The molecule has 8 nitrogen and oxygen atoms in total. The monoisotopic (exact) mass is 354 g/mol. The molecule has 3 heterocycles. The first-order chi connectivity index (χ1) is 11.2. The highest BCUT2D eigenvalue weighted by atomic mass is 35.5. The van der Waals surface area contributed by atoms with Gasteiger partial charge in [0, 0.05) is 25.7 Å². The smallest absolute Gasteiger partial charge is 0.294 e. The van der Waals surface area contributed by atoms with Crippen LogP contribution in [0.4, 0.5) is 0 Å². The number of carbonyl (C=O) groups excluding carboxylic acids is 2. The van der Waals surface area contributed by atoms with Crippen LogP contribution in [0.1, 0.15) is 42.3 Å². The highest BCUT2D eigenvalue weighted by Crippen LogP contribution is 2.28. The zero-order valence-electron chi connectivity index (χ0n) is 13.6. The normalized spacial score (nSPS) is 24.7. The predicted molar refractivity (Wildman–Crippen MR) is 89.0 cm³/mol. The summed E-state index contributed by atoms with van der Waals surface area (Å²) in [5.74, 6) is 0.00238. The van der Waals surface area contributed by atoms with Gasteiger partial charge in [0.15, 0.2) is 0 Å². The fourth-order valence-electron chi connectivity index (χ4n) is 3.38. The average molecular weight is 355 g/mol. The number of piperazine rings is 1. The Balaban J connectivity index is 0.00000169. The quantitative estimate of drug-likeness (QED) is 0.830. The van der Waals surface area contributed by atoms with Gasteiger partial charge in [0.1, 0.15) is 12.9 Å². The third-order valence-corrected chi connectivity index (χ3v) is 4.88. The molecule has 1 aliphatic carbocycles. The van der Waals surface area contributed by atoms with Crippen LogP contribution in [0.3, 0.4) is 0 Å². The Bertz CT molecular complexity index is 611. The van der Waals surface area contributed by atoms with E-state index in [0.29, 0.717) is 19.1 Å². The summed E-state index contributed by atoms with van der Waals surface area (Å²) >= 11 is 0. The number of rotatable bonds is 3. The van der Waals surface area contributed by atoms with Crippen LogP contribution in [-0.2, 0) is 4.79 Å². The van der Waals surface area contributed by atoms with Crippen molar-refractivity contribution in [1.82, 2.24) is 29.9 Å². The maximum atomic E-state index is 12.5. The molecule has 1 aromatic heterocycles. The van der Waals surface area contributed by atoms with Crippen molar-refractivity contribution in [1.29, 1.82) is 0 Å². The summed E-state index contributed by atoms with van der Waals surface area (Å²) in [5.41, 5.74) is 0. The number of nitrogens with one attached hydrogen (secondary N) is 1. The molecule has 2 aliphatic heterocycles. The standard InChI is InChI=1S/C15H22N6O2.ClH/c22-13-9-19(6-7-20(13)11-3-4-11)15(23)14-17-10-21(18-14)12-2-1-5-16-8-12;/h10-12,16H,1-9H2;1H. The van der Waals surface area contributed by atoms with E-state index in [1.165, 1.54) is 0 Å². The zero-order valence-corrected chi connectivity index (χ0v) is 14.4. The number of hydrogen-bond donors (Lipinski definition) is 1. The number of halogens is 1. The van der Waals surface area contributed by atoms with Crippen molar-refractivity contribution in [2.45, 2.75) is 37.8 Å². The SMILES string of the molecule is Cl.O=C(c1ncn(C2CCCNC2)n1)N1CCN(C2CC2)C(=O)C1. The van der Waals surface area contributed by atoms with Crippen LogP contribution in [0, 0.1) is 0 Å². The Morgan fingerprint density at radius 1 is 1.21 bits per heavy atom. The molecule has 3 fully saturated rings. The molecule has 132 valence electrons. The summed E-state index contributed by atoms with van der Waals surface area (Å²) in [6, 6.07) is 0.669. The lowest BCUT2D eigenvalue weighted by Crippen LogP contribution is -2.53. The third-order valence-electron chi connectivity index (χ3n) is 4.88. The minimum atomic E-state index is -0.240. The molecule has 0 bridgehead atoms. The summed E-state index contributed by atoms with van der Waals surface area (Å²) < 4.78 is 1.78. The highest BCUT2D eigenvalue weighted by molar-refractivity contribution is 5.94. The summed E-state index contributed by atoms with van der Waals surface area (Å²) in [6.07, 6.45) is 5.98. The molecule has 2 amide bonds. The van der Waals surface area contributed by atoms with Crippen LogP contribution in [-0.4, -0.2) is 75.1 Å². The molecule has 24 heavy (non-hydrogen) atoms. The molecule has 3 aliphatic rings. The number of piperidine rings is 1. The summed E-state index contributed by atoms with van der Waals surface area (Å²) in [5, 5.41) is 7.68. The van der Waals surface area contributed by atoms with Crippen molar-refractivity contribution in [3.63, 3.8) is 0 Å². The van der Waals surface area contributed by atoms with E-state index in [1.54, 1.807) is 15.9 Å². The van der Waals surface area contributed by atoms with E-state index in [4.69, 9.17) is 0 Å². The van der Waals surface area contributed by atoms with Crippen molar-refractivity contribution in [3.05, 3.63) is 12.2 Å². The Hall–Kier alpha value is -1.67. The van der Waals surface area contributed by atoms with Gasteiger partial charge in [-0.2, -0.15) is 0 Å². The van der Waals surface area contributed by atoms with Crippen LogP contribution in [0.2, 0.25) is 0 Å². The van der Waals surface area contributed by atoms with Crippen molar-refractivity contribution >= 4 is 24.2 Å². The molecular formula is C15H23ClN6O2. The minimum Gasteiger partial charge on any atom is -0.336 e. The molecule has 9 heteroatoms. The molecule has 0 radical (unpaired) electrons. The van der Waals surface area contributed by atoms with E-state index in [-0.39, 0.29) is 42.6 Å². The first-order valence-electron chi connectivity index (χ1n) is 8.43. The van der Waals surface area contributed by atoms with Gasteiger partial charge >= 0.3 is 0 Å². The molecule has 1 aromatic rings. The van der Waals surface area contributed by atoms with Gasteiger partial charge < -0.3 is 15.1 Å². The molecule has 1 atom stereocenters. The molecule has 2 saturated heterocycles. The zero-order chi connectivity index (χ0) is 15.8. The first-order valence-corrected chi connectivity index (χ1v) is 8.43. The van der Waals surface area contributed by atoms with Gasteiger partial charge in [-0.15, -0.1) is 17.5 Å². The van der Waals surface area contributed by atoms with Gasteiger partial charge in [0.25, 0.3) is 5.91 Å². The van der Waals surface area contributed by atoms with Crippen LogP contribution in [0.5, 0.6) is 0 Å². The van der Waals surface area contributed by atoms with Gasteiger partial charge in [-0.3, -0.25) is 9.59 Å². The van der Waals surface area contributed by atoms with E-state index >= 15 is 0 Å². The lowest BCUT2D eigenvalue weighted by atomic mass is 10.1. The number of hydrogen-bond acceptors (Lipinski definition) is 5. The maximum absolute atomic E-state index is 12.5. The van der Waals surface area contributed by atoms with Crippen molar-refractivity contribution in [3.8, 4) is 0 Å². The van der Waals surface area contributed by atoms with Crippen LogP contribution in [0.25, 0.3) is 0 Å². The fourth-order valence-corrected chi connectivity index (χ4v) is 3.38. The summed E-state index contributed by atoms with van der Waals surface area (Å²) in [4.78, 5) is 32.3. The Labute approximate surface area is 147 Å². The second-order valence-electron chi connectivity index (χ2n) is 6.59. The second kappa shape index (κ2) is 7.06. The van der Waals surface area contributed by atoms with Gasteiger partial charge in [-0.1, -0.05) is 0 Å². The predicted octanol–water partition coefficient (Wildman–Crippen LogP) is 0.0712. The molecule has 1 N–H and O–H groups in total. The fraction of sp³-hybridized carbons (Fsp3) is 0.733. The van der Waals surface area contributed by atoms with Gasteiger partial charge in [0.2, 0.25) is 11.7 Å². The molecular weight excluding hydrogens is 332 g/mol. The van der Waals surface area contributed by atoms with Gasteiger partial charge in [0.05, 0.1) is 6.04 Å². The average Bonchev–Trinajstić information content (AvgIpc) is 3.30. The molecule has 0 spiro atoms. The molecule has 4 rings (SSSR count). The van der Waals surface area contributed by atoms with E-state index in [9.17, 15) is 9.59 Å². The third kappa shape index (κ3) is 3.39. The molecule has 1 saturated carbocycles. The lowest BCUT2D eigenvalue weighted by molar-refractivity contribution is -0.135. The molecule has 0 aromatic carbocycles. The topological polar surface area (TPSA) is 83.4 Å². The first kappa shape index (κ1) is 17.2. The number of nitrogens with zero attached hydrogens (tertiary/aromatic N) is 5. The van der Waals surface area contributed by atoms with E-state index in [0.717, 1.165) is 38.8 Å². The minimum absolute atomic E-state index is 0. The maximum Gasteiger partial charge on any atom is 0.294 e. The Kier molecular flexibility index (Phi) is 5.05. The van der Waals surface area contributed by atoms with Crippen molar-refractivity contribution in [2.24, 2.45) is 0 Å². The second-order valence-corrected chi connectivity index (χ2v) is 6.59. The van der Waals surface area contributed by atoms with E-state index < -0.39 is 0 Å². The highest BCUT2D eigenvalue weighted by Gasteiger charge is 2.37. The number of carbonyl (C=O) groups is 2. The van der Waals surface area contributed by atoms with E-state index in [2.05, 4.69) is 15.4 Å². The van der Waals surface area contributed by atoms with Crippen LogP contribution >= 0.6 is 12.4 Å². The molecule has 1 unspecified atom stereocenters. The summed E-state index contributed by atoms with van der Waals surface area (Å²) in [7, 11) is 0. The van der Waals surface area contributed by atoms with E-state index in [1.807, 2.05) is 4.90 Å². The Morgan fingerprint density at radius 2 is 2.04 bits per heavy atom.